The molecule has 0 aromatic rings. The van der Waals surface area contributed by atoms with Gasteiger partial charge in [0.1, 0.15) is 11.6 Å². The van der Waals surface area contributed by atoms with Gasteiger partial charge in [-0.05, 0) is 40.0 Å². The summed E-state index contributed by atoms with van der Waals surface area (Å²) in [6.45, 7) is 6.14. The van der Waals surface area contributed by atoms with Gasteiger partial charge in [0.2, 0.25) is 11.8 Å². The molecule has 1 atom stereocenters. The van der Waals surface area contributed by atoms with E-state index in [0.29, 0.717) is 13.0 Å². The first kappa shape index (κ1) is 17.3. The first-order chi connectivity index (χ1) is 9.78. The van der Waals surface area contributed by atoms with Crippen LogP contribution < -0.4 is 16.0 Å². The van der Waals surface area contributed by atoms with Gasteiger partial charge in [0.05, 0.1) is 0 Å². The zero-order valence-electron chi connectivity index (χ0n) is 13.0. The summed E-state index contributed by atoms with van der Waals surface area (Å²) >= 11 is 0. The van der Waals surface area contributed by atoms with E-state index in [9.17, 15) is 14.4 Å². The lowest BCUT2D eigenvalue weighted by atomic mass is 10.1. The van der Waals surface area contributed by atoms with Crippen molar-refractivity contribution in [3.63, 3.8) is 0 Å². The second-order valence-corrected chi connectivity index (χ2v) is 6.09. The quantitative estimate of drug-likeness (QED) is 0.711. The molecule has 0 aromatic heterocycles. The third-order valence-electron chi connectivity index (χ3n) is 2.89. The molecular formula is C14H25N3O4. The fourth-order valence-electron chi connectivity index (χ4n) is 1.94. The molecule has 1 aliphatic heterocycles. The molecule has 3 amide bonds. The Bertz CT molecular complexity index is 390. The molecule has 1 rings (SSSR count). The molecule has 1 heterocycles. The minimum Gasteiger partial charge on any atom is -0.444 e. The van der Waals surface area contributed by atoms with Crippen molar-refractivity contribution in [1.29, 1.82) is 0 Å². The molecule has 7 nitrogen and oxygen atoms in total. The minimum absolute atomic E-state index is 0.114. The van der Waals surface area contributed by atoms with E-state index < -0.39 is 17.7 Å². The van der Waals surface area contributed by atoms with Crippen LogP contribution in [0, 0.1) is 0 Å². The molecule has 0 unspecified atom stereocenters. The van der Waals surface area contributed by atoms with Crippen molar-refractivity contribution < 1.29 is 19.1 Å². The maximum atomic E-state index is 11.8. The maximum Gasteiger partial charge on any atom is 0.407 e. The van der Waals surface area contributed by atoms with E-state index in [1.165, 1.54) is 0 Å². The van der Waals surface area contributed by atoms with Crippen molar-refractivity contribution in [3.8, 4) is 0 Å². The van der Waals surface area contributed by atoms with Crippen molar-refractivity contribution >= 4 is 17.9 Å². The largest absolute Gasteiger partial charge is 0.444 e. The van der Waals surface area contributed by atoms with Crippen LogP contribution in [-0.2, 0) is 14.3 Å². The van der Waals surface area contributed by atoms with Gasteiger partial charge in [-0.3, -0.25) is 9.59 Å². The Morgan fingerprint density at radius 3 is 2.71 bits per heavy atom. The van der Waals surface area contributed by atoms with Crippen molar-refractivity contribution in [1.82, 2.24) is 16.0 Å². The van der Waals surface area contributed by atoms with Gasteiger partial charge in [-0.2, -0.15) is 0 Å². The standard InChI is InChI=1S/C14H25N3O4/c1-14(2,3)21-13(20)16-9-7-11(18)17-10-6-4-5-8-15-12(10)19/h10H,4-9H2,1-3H3,(H,15,19)(H,16,20)(H,17,18)/t10-/m1/s1. The zero-order valence-corrected chi connectivity index (χ0v) is 13.0. The van der Waals surface area contributed by atoms with Crippen LogP contribution in [0.2, 0.25) is 0 Å². The highest BCUT2D eigenvalue weighted by atomic mass is 16.6. The van der Waals surface area contributed by atoms with Crippen molar-refractivity contribution in [2.24, 2.45) is 0 Å². The fourth-order valence-corrected chi connectivity index (χ4v) is 1.94. The topological polar surface area (TPSA) is 96.5 Å². The second-order valence-electron chi connectivity index (χ2n) is 6.09. The molecule has 0 radical (unpaired) electrons. The highest BCUT2D eigenvalue weighted by molar-refractivity contribution is 5.87. The maximum absolute atomic E-state index is 11.8. The smallest absolute Gasteiger partial charge is 0.407 e. The summed E-state index contributed by atoms with van der Waals surface area (Å²) in [6.07, 6.45) is 2.04. The summed E-state index contributed by atoms with van der Waals surface area (Å²) in [5, 5.41) is 7.95. The third kappa shape index (κ3) is 7.53. The summed E-state index contributed by atoms with van der Waals surface area (Å²) in [4.78, 5) is 34.8. The number of hydrogen-bond donors (Lipinski definition) is 3. The summed E-state index contributed by atoms with van der Waals surface area (Å²) in [7, 11) is 0. The minimum atomic E-state index is -0.565. The van der Waals surface area contributed by atoms with Crippen LogP contribution in [0.25, 0.3) is 0 Å². The lowest BCUT2D eigenvalue weighted by Gasteiger charge is -2.19. The molecule has 0 aliphatic carbocycles. The van der Waals surface area contributed by atoms with Crippen LogP contribution in [-0.4, -0.2) is 42.6 Å². The van der Waals surface area contributed by atoms with Crippen molar-refractivity contribution in [3.05, 3.63) is 0 Å². The van der Waals surface area contributed by atoms with E-state index in [-0.39, 0.29) is 24.8 Å². The normalized spacial score (nSPS) is 19.2. The van der Waals surface area contributed by atoms with E-state index in [0.717, 1.165) is 12.8 Å². The molecular weight excluding hydrogens is 274 g/mol. The summed E-state index contributed by atoms with van der Waals surface area (Å²) < 4.78 is 5.06. The van der Waals surface area contributed by atoms with E-state index in [4.69, 9.17) is 4.74 Å². The molecule has 0 saturated carbocycles. The van der Waals surface area contributed by atoms with Crippen LogP contribution >= 0.6 is 0 Å². The average Bonchev–Trinajstić information content (AvgIpc) is 2.52. The Hall–Kier alpha value is -1.79. The Morgan fingerprint density at radius 2 is 2.05 bits per heavy atom. The lowest BCUT2D eigenvalue weighted by molar-refractivity contribution is -0.128. The number of hydrogen-bond acceptors (Lipinski definition) is 4. The third-order valence-corrected chi connectivity index (χ3v) is 2.89. The number of carbonyl (C=O) groups is 3. The molecule has 21 heavy (non-hydrogen) atoms. The molecule has 7 heteroatoms. The molecule has 1 aliphatic rings. The van der Waals surface area contributed by atoms with E-state index in [1.54, 1.807) is 20.8 Å². The van der Waals surface area contributed by atoms with E-state index in [1.807, 2.05) is 0 Å². The highest BCUT2D eigenvalue weighted by Gasteiger charge is 2.22. The number of carbonyl (C=O) groups excluding carboxylic acids is 3. The number of rotatable bonds is 4. The van der Waals surface area contributed by atoms with Crippen LogP contribution in [0.15, 0.2) is 0 Å². The van der Waals surface area contributed by atoms with Gasteiger partial charge >= 0.3 is 6.09 Å². The first-order valence-corrected chi connectivity index (χ1v) is 7.32. The predicted octanol–water partition coefficient (Wildman–Crippen LogP) is 0.686. The van der Waals surface area contributed by atoms with Crippen LogP contribution in [0.3, 0.4) is 0 Å². The van der Waals surface area contributed by atoms with Crippen LogP contribution in [0.4, 0.5) is 4.79 Å². The zero-order chi connectivity index (χ0) is 15.9. The Balaban J connectivity index is 2.24. The molecule has 1 saturated heterocycles. The Kier molecular flexibility index (Phi) is 6.45. The number of nitrogens with one attached hydrogen (secondary N) is 3. The van der Waals surface area contributed by atoms with Crippen LogP contribution in [0.5, 0.6) is 0 Å². The monoisotopic (exact) mass is 299 g/mol. The van der Waals surface area contributed by atoms with Gasteiger partial charge in [-0.1, -0.05) is 0 Å². The fraction of sp³-hybridized carbons (Fsp3) is 0.786. The average molecular weight is 299 g/mol. The van der Waals surface area contributed by atoms with E-state index in [2.05, 4.69) is 16.0 Å². The van der Waals surface area contributed by atoms with Crippen LogP contribution in [0.1, 0.15) is 46.5 Å². The van der Waals surface area contributed by atoms with E-state index >= 15 is 0 Å². The van der Waals surface area contributed by atoms with Gasteiger partial charge in [-0.15, -0.1) is 0 Å². The number of alkyl carbamates (subject to hydrolysis) is 1. The van der Waals surface area contributed by atoms with Crippen molar-refractivity contribution in [2.45, 2.75) is 58.1 Å². The van der Waals surface area contributed by atoms with Gasteiger partial charge in [-0.25, -0.2) is 4.79 Å². The van der Waals surface area contributed by atoms with Gasteiger partial charge in [0, 0.05) is 19.5 Å². The van der Waals surface area contributed by atoms with Gasteiger partial charge in [0.25, 0.3) is 0 Å². The molecule has 3 N–H and O–H groups in total. The molecule has 1 fully saturated rings. The number of ether oxygens (including phenoxy) is 1. The Morgan fingerprint density at radius 1 is 1.33 bits per heavy atom. The first-order valence-electron chi connectivity index (χ1n) is 7.32. The van der Waals surface area contributed by atoms with Crippen molar-refractivity contribution in [2.75, 3.05) is 13.1 Å². The number of amides is 3. The van der Waals surface area contributed by atoms with Gasteiger partial charge in [0.15, 0.2) is 0 Å². The summed E-state index contributed by atoms with van der Waals surface area (Å²) in [5.74, 6) is -0.394. The SMILES string of the molecule is CC(C)(C)OC(=O)NCCC(=O)N[C@@H]1CCCCNC1=O. The molecule has 0 spiro atoms. The summed E-state index contributed by atoms with van der Waals surface area (Å²) in [6, 6.07) is -0.471. The molecule has 120 valence electrons. The van der Waals surface area contributed by atoms with Gasteiger partial charge < -0.3 is 20.7 Å². The second kappa shape index (κ2) is 7.85. The molecule has 0 aromatic carbocycles. The summed E-state index contributed by atoms with van der Waals surface area (Å²) in [5.41, 5.74) is -0.565. The Labute approximate surface area is 125 Å². The molecule has 0 bridgehead atoms. The lowest BCUT2D eigenvalue weighted by Crippen LogP contribution is -2.46. The highest BCUT2D eigenvalue weighted by Crippen LogP contribution is 2.07. The predicted molar refractivity (Wildman–Crippen MR) is 77.6 cm³/mol.